The standard InChI is InChI=1S/C37H39N3O6S2/c1-3-4-5-26-24-8-7-23-22-12-14-37(33(23)32(24)35(43)45-26)27-9-6-20(2)18-47-48-19-39-28-16-21(13-15-38-28)25(31(22)34(37)36(44)46-27)17-40-29(41)10-11-30(40)42/h5,9-11,13,15-16,20,22-23,25,33H,3-4,6-8,12,14,17-19H2,1-2H3,(H,38,39)/t20-,22-,23+,25+,33+,37-/m1/s1. The van der Waals surface area contributed by atoms with Crippen LogP contribution in [0.4, 0.5) is 5.82 Å². The molecule has 48 heavy (non-hydrogen) atoms. The molecular formula is C37H39N3O6S2. The summed E-state index contributed by atoms with van der Waals surface area (Å²) < 4.78 is 12.3. The number of imide groups is 1. The van der Waals surface area contributed by atoms with E-state index in [2.05, 4.69) is 30.2 Å². The summed E-state index contributed by atoms with van der Waals surface area (Å²) in [5, 5.41) is 3.43. The van der Waals surface area contributed by atoms with Gasteiger partial charge in [-0.15, -0.1) is 0 Å². The van der Waals surface area contributed by atoms with Crippen molar-refractivity contribution in [1.29, 1.82) is 0 Å². The second kappa shape index (κ2) is 12.4. The number of carbonyl (C=O) groups is 4. The van der Waals surface area contributed by atoms with E-state index in [1.165, 1.54) is 17.1 Å². The first kappa shape index (κ1) is 31.7. The Kier molecular flexibility index (Phi) is 8.18. The molecule has 2 fully saturated rings. The average Bonchev–Trinajstić information content (AvgIpc) is 3.70. The molecule has 11 heteroatoms. The topological polar surface area (TPSA) is 115 Å². The normalized spacial score (nSPS) is 33.5. The summed E-state index contributed by atoms with van der Waals surface area (Å²) in [5.41, 5.74) is 3.32. The third-order valence-corrected chi connectivity index (χ3v) is 13.7. The third kappa shape index (κ3) is 4.94. The number of pyridine rings is 1. The Morgan fingerprint density at radius 1 is 1.10 bits per heavy atom. The first-order valence-corrected chi connectivity index (χ1v) is 19.6. The molecule has 0 aromatic carbocycles. The summed E-state index contributed by atoms with van der Waals surface area (Å²) >= 11 is 0. The van der Waals surface area contributed by atoms with E-state index in [1.807, 2.05) is 18.2 Å². The molecule has 0 radical (unpaired) electrons. The fraction of sp³-hybridized carbons (Fsp3) is 0.486. The zero-order valence-corrected chi connectivity index (χ0v) is 28.8. The van der Waals surface area contributed by atoms with Gasteiger partial charge in [-0.05, 0) is 91.7 Å². The van der Waals surface area contributed by atoms with Crippen LogP contribution in [0.15, 0.2) is 76.4 Å². The molecular weight excluding hydrogens is 647 g/mol. The van der Waals surface area contributed by atoms with Crippen molar-refractivity contribution in [1.82, 2.24) is 9.88 Å². The van der Waals surface area contributed by atoms with Crippen LogP contribution in [0.3, 0.4) is 0 Å². The SMILES string of the molecule is CCCC=C1OC(=O)C2=C1CC[C@@H]1[C@@H]2[C@]23CC[C@H]1C1=C2C(=O)OC3=CC[C@@H](C)CSSCNc2cc(ccn2)[C@@H]1CN1C(=O)C=CC1=O. The van der Waals surface area contributed by atoms with E-state index in [0.29, 0.717) is 41.1 Å². The number of fused-ring (bicyclic) bond motifs is 3. The van der Waals surface area contributed by atoms with Crippen molar-refractivity contribution in [3.8, 4) is 0 Å². The minimum absolute atomic E-state index is 0.0376. The van der Waals surface area contributed by atoms with Crippen LogP contribution in [0.2, 0.25) is 0 Å². The van der Waals surface area contributed by atoms with Gasteiger partial charge in [0.15, 0.2) is 0 Å². The second-order valence-electron chi connectivity index (χ2n) is 13.9. The Morgan fingerprint density at radius 2 is 1.94 bits per heavy atom. The molecule has 1 aromatic heterocycles. The Bertz CT molecular complexity index is 1760. The highest BCUT2D eigenvalue weighted by Crippen LogP contribution is 2.71. The molecule has 1 saturated heterocycles. The van der Waals surface area contributed by atoms with Crippen LogP contribution in [-0.2, 0) is 28.7 Å². The number of hydrogen-bond donors (Lipinski definition) is 1. The van der Waals surface area contributed by atoms with Crippen LogP contribution in [0.25, 0.3) is 0 Å². The first-order chi connectivity index (χ1) is 23.3. The Morgan fingerprint density at radius 3 is 2.75 bits per heavy atom. The number of rotatable bonds is 4. The summed E-state index contributed by atoms with van der Waals surface area (Å²) in [6.07, 6.45) is 14.1. The maximum Gasteiger partial charge on any atom is 0.340 e. The van der Waals surface area contributed by atoms with Crippen LogP contribution in [0.5, 0.6) is 0 Å². The zero-order chi connectivity index (χ0) is 33.2. The van der Waals surface area contributed by atoms with Crippen molar-refractivity contribution in [2.75, 3.05) is 23.5 Å². The lowest BCUT2D eigenvalue weighted by molar-refractivity contribution is -0.137. The molecule has 7 bridgehead atoms. The number of allylic oxidation sites excluding steroid dienone is 4. The van der Waals surface area contributed by atoms with Crippen molar-refractivity contribution in [2.45, 2.75) is 64.7 Å². The molecule has 1 aromatic rings. The molecule has 250 valence electrons. The van der Waals surface area contributed by atoms with Crippen molar-refractivity contribution < 1.29 is 28.7 Å². The molecule has 9 rings (SSSR count). The zero-order valence-electron chi connectivity index (χ0n) is 27.2. The number of carbonyl (C=O) groups excluding carboxylic acids is 4. The molecule has 5 heterocycles. The predicted molar refractivity (Wildman–Crippen MR) is 184 cm³/mol. The highest BCUT2D eigenvalue weighted by atomic mass is 33.1. The van der Waals surface area contributed by atoms with Gasteiger partial charge in [0.05, 0.1) is 16.9 Å². The van der Waals surface area contributed by atoms with E-state index in [0.717, 1.165) is 66.6 Å². The average molecular weight is 686 g/mol. The molecule has 4 aliphatic heterocycles. The van der Waals surface area contributed by atoms with Gasteiger partial charge in [0.25, 0.3) is 11.8 Å². The van der Waals surface area contributed by atoms with Crippen LogP contribution in [0, 0.1) is 29.1 Å². The maximum atomic E-state index is 14.4. The number of nitrogens with zero attached hydrogens (tertiary/aromatic N) is 2. The predicted octanol–water partition coefficient (Wildman–Crippen LogP) is 6.59. The Balaban J connectivity index is 1.36. The van der Waals surface area contributed by atoms with Crippen molar-refractivity contribution >= 4 is 51.2 Å². The van der Waals surface area contributed by atoms with Crippen molar-refractivity contribution in [3.05, 3.63) is 82.0 Å². The Labute approximate surface area is 288 Å². The minimum Gasteiger partial charge on any atom is -0.427 e. The molecule has 0 unspecified atom stereocenters. The first-order valence-electron chi connectivity index (χ1n) is 17.1. The van der Waals surface area contributed by atoms with Gasteiger partial charge in [0.1, 0.15) is 17.3 Å². The molecule has 4 aliphatic carbocycles. The number of unbranched alkanes of at least 4 members (excludes halogenated alkanes) is 1. The van der Waals surface area contributed by atoms with Crippen molar-refractivity contribution in [2.24, 2.45) is 29.1 Å². The lowest BCUT2D eigenvalue weighted by atomic mass is 9.43. The number of hydrogen-bond acceptors (Lipinski definition) is 10. The molecule has 6 atom stereocenters. The van der Waals surface area contributed by atoms with Gasteiger partial charge in [-0.25, -0.2) is 14.6 Å². The third-order valence-electron chi connectivity index (χ3n) is 11.3. The maximum absolute atomic E-state index is 14.4. The summed E-state index contributed by atoms with van der Waals surface area (Å²) in [7, 11) is 3.52. The van der Waals surface area contributed by atoms with E-state index < -0.39 is 11.3 Å². The lowest BCUT2D eigenvalue weighted by Crippen LogP contribution is -2.53. The highest BCUT2D eigenvalue weighted by Gasteiger charge is 2.69. The number of cyclic esters (lactones) is 1. The van der Waals surface area contributed by atoms with E-state index in [9.17, 15) is 19.2 Å². The van der Waals surface area contributed by atoms with Crippen LogP contribution >= 0.6 is 21.6 Å². The van der Waals surface area contributed by atoms with E-state index in [4.69, 9.17) is 9.47 Å². The Hall–Kier alpha value is -3.57. The van der Waals surface area contributed by atoms with E-state index >= 15 is 0 Å². The van der Waals surface area contributed by atoms with Gasteiger partial charge in [-0.1, -0.05) is 41.9 Å². The fourth-order valence-corrected chi connectivity index (χ4v) is 11.5. The molecule has 1 saturated carbocycles. The smallest absolute Gasteiger partial charge is 0.340 e. The van der Waals surface area contributed by atoms with Crippen LogP contribution in [0.1, 0.15) is 70.3 Å². The van der Waals surface area contributed by atoms with Gasteiger partial charge >= 0.3 is 11.9 Å². The number of aromatic nitrogens is 1. The molecule has 8 aliphatic rings. The van der Waals surface area contributed by atoms with Gasteiger partial charge in [0, 0.05) is 53.6 Å². The van der Waals surface area contributed by atoms with Crippen LogP contribution < -0.4 is 5.32 Å². The number of nitrogens with one attached hydrogen (secondary N) is 1. The lowest BCUT2D eigenvalue weighted by Gasteiger charge is -2.57. The summed E-state index contributed by atoms with van der Waals surface area (Å²) in [6.45, 7) is 4.41. The fourth-order valence-electron chi connectivity index (χ4n) is 9.31. The highest BCUT2D eigenvalue weighted by molar-refractivity contribution is 8.76. The van der Waals surface area contributed by atoms with Crippen LogP contribution in [-0.4, -0.2) is 51.8 Å². The number of ether oxygens (including phenoxy) is 2. The number of amides is 2. The largest absolute Gasteiger partial charge is 0.427 e. The van der Waals surface area contributed by atoms with Gasteiger partial charge < -0.3 is 14.8 Å². The molecule has 2 amide bonds. The molecule has 9 nitrogen and oxygen atoms in total. The minimum atomic E-state index is -0.825. The number of anilines is 1. The monoisotopic (exact) mass is 685 g/mol. The summed E-state index contributed by atoms with van der Waals surface area (Å²) in [4.78, 5) is 60.1. The van der Waals surface area contributed by atoms with Gasteiger partial charge in [0.2, 0.25) is 0 Å². The quantitative estimate of drug-likeness (QED) is 0.212. The number of esters is 2. The van der Waals surface area contributed by atoms with Gasteiger partial charge in [-0.3, -0.25) is 14.5 Å². The van der Waals surface area contributed by atoms with E-state index in [1.54, 1.807) is 27.8 Å². The van der Waals surface area contributed by atoms with E-state index in [-0.39, 0.29) is 48.1 Å². The summed E-state index contributed by atoms with van der Waals surface area (Å²) in [5.74, 6) is 1.90. The molecule has 1 N–H and O–H groups in total. The molecule has 1 spiro atoms. The van der Waals surface area contributed by atoms with Gasteiger partial charge in [-0.2, -0.15) is 0 Å². The van der Waals surface area contributed by atoms with Crippen molar-refractivity contribution in [3.63, 3.8) is 0 Å². The second-order valence-corrected chi connectivity index (χ2v) is 16.4. The summed E-state index contributed by atoms with van der Waals surface area (Å²) in [6, 6.07) is 3.92.